The van der Waals surface area contributed by atoms with E-state index >= 15 is 0 Å². The molecule has 0 amide bonds. The molecule has 0 heterocycles. The van der Waals surface area contributed by atoms with Gasteiger partial charge in [0.2, 0.25) is 0 Å². The number of hydrogen-bond donors (Lipinski definition) is 1. The fourth-order valence-corrected chi connectivity index (χ4v) is 0.532. The molecule has 0 radical (unpaired) electrons. The van der Waals surface area contributed by atoms with Gasteiger partial charge in [0.15, 0.2) is 0 Å². The van der Waals surface area contributed by atoms with Gasteiger partial charge in [-0.3, -0.25) is 0 Å². The average Bonchev–Trinajstić information content (AvgIpc) is 1.79. The lowest BCUT2D eigenvalue weighted by atomic mass is 10.6. The number of halogens is 1. The van der Waals surface area contributed by atoms with Crippen LogP contribution in [0.25, 0.3) is 0 Å². The van der Waals surface area contributed by atoms with Gasteiger partial charge in [-0.2, -0.15) is 0 Å². The van der Waals surface area contributed by atoms with Gasteiger partial charge in [-0.25, -0.2) is 0 Å². The number of nitrogens with zero attached hydrogens (tertiary/aromatic N) is 1. The van der Waals surface area contributed by atoms with Crippen molar-refractivity contribution in [2.24, 2.45) is 5.73 Å². The van der Waals surface area contributed by atoms with Crippen LogP contribution >= 0.6 is 11.6 Å². The number of ether oxygens (including phenoxy) is 1. The number of nitrogens with two attached hydrogens (primary N) is 1. The lowest BCUT2D eigenvalue weighted by molar-refractivity contribution is 0.118. The van der Waals surface area contributed by atoms with Gasteiger partial charge in [-0.1, -0.05) is 0 Å². The van der Waals surface area contributed by atoms with E-state index in [0.29, 0.717) is 13.2 Å². The van der Waals surface area contributed by atoms with Gasteiger partial charge in [-0.05, 0) is 14.1 Å². The molecule has 1 unspecified atom stereocenters. The summed E-state index contributed by atoms with van der Waals surface area (Å²) < 4.78 is 5.11. The maximum atomic E-state index is 5.43. The lowest BCUT2D eigenvalue weighted by Crippen LogP contribution is -2.23. The molecule has 0 aliphatic rings. The van der Waals surface area contributed by atoms with Crippen molar-refractivity contribution < 1.29 is 4.74 Å². The van der Waals surface area contributed by atoms with Gasteiger partial charge in [0.25, 0.3) is 0 Å². The van der Waals surface area contributed by atoms with Gasteiger partial charge in [0.1, 0.15) is 5.50 Å². The van der Waals surface area contributed by atoms with Crippen molar-refractivity contribution in [1.29, 1.82) is 0 Å². The molecule has 0 saturated heterocycles. The number of likely N-dealkylation sites (N-methyl/N-ethyl adjacent to an activating group) is 1. The molecule has 62 valence electrons. The third kappa shape index (κ3) is 8.17. The summed E-state index contributed by atoms with van der Waals surface area (Å²) >= 11 is 5.43. The second-order valence-corrected chi connectivity index (χ2v) is 2.95. The van der Waals surface area contributed by atoms with Gasteiger partial charge >= 0.3 is 0 Å². The number of hydrogen-bond acceptors (Lipinski definition) is 3. The SMILES string of the molecule is CN(C)CCOCC(N)Cl. The van der Waals surface area contributed by atoms with Crippen LogP contribution in [0.1, 0.15) is 0 Å². The molecule has 0 spiro atoms. The fourth-order valence-electron chi connectivity index (χ4n) is 0.443. The molecule has 3 nitrogen and oxygen atoms in total. The molecule has 0 rings (SSSR count). The molecule has 0 aliphatic carbocycles. The van der Waals surface area contributed by atoms with Crippen molar-refractivity contribution in [3.05, 3.63) is 0 Å². The van der Waals surface area contributed by atoms with Crippen molar-refractivity contribution in [2.45, 2.75) is 5.50 Å². The summed E-state index contributed by atoms with van der Waals surface area (Å²) in [5.74, 6) is 0. The first-order chi connectivity index (χ1) is 4.63. The van der Waals surface area contributed by atoms with Crippen LogP contribution in [0.2, 0.25) is 0 Å². The Labute approximate surface area is 67.1 Å². The Morgan fingerprint density at radius 2 is 2.20 bits per heavy atom. The van der Waals surface area contributed by atoms with E-state index in [1.54, 1.807) is 0 Å². The minimum absolute atomic E-state index is 0.373. The van der Waals surface area contributed by atoms with Crippen molar-refractivity contribution in [1.82, 2.24) is 4.90 Å². The van der Waals surface area contributed by atoms with E-state index in [1.807, 2.05) is 19.0 Å². The quantitative estimate of drug-likeness (QED) is 0.358. The standard InChI is InChI=1S/C6H15ClN2O/c1-9(2)3-4-10-5-6(7)8/h6H,3-5,8H2,1-2H3. The number of alkyl halides is 1. The Hall–Kier alpha value is 0.170. The smallest absolute Gasteiger partial charge is 0.104 e. The summed E-state index contributed by atoms with van der Waals surface area (Å²) in [6.07, 6.45) is 0. The van der Waals surface area contributed by atoms with E-state index in [-0.39, 0.29) is 5.50 Å². The molecule has 0 fully saturated rings. The summed E-state index contributed by atoms with van der Waals surface area (Å²) in [6, 6.07) is 0. The Kier molecular flexibility index (Phi) is 6.02. The fraction of sp³-hybridized carbons (Fsp3) is 1.00. The predicted octanol–water partition coefficient (Wildman–Crippen LogP) is 0.0882. The van der Waals surface area contributed by atoms with E-state index in [1.165, 1.54) is 0 Å². The highest BCUT2D eigenvalue weighted by Gasteiger charge is 1.95. The Balaban J connectivity index is 2.91. The summed E-state index contributed by atoms with van der Waals surface area (Å²) in [7, 11) is 3.98. The molecule has 0 saturated carbocycles. The highest BCUT2D eigenvalue weighted by molar-refractivity contribution is 6.20. The maximum Gasteiger partial charge on any atom is 0.104 e. The molecule has 4 heteroatoms. The van der Waals surface area contributed by atoms with Crippen LogP contribution in [-0.2, 0) is 4.74 Å². The normalized spacial score (nSPS) is 14.1. The van der Waals surface area contributed by atoms with Gasteiger partial charge in [-0.15, -0.1) is 11.6 Å². The van der Waals surface area contributed by atoms with Crippen molar-refractivity contribution >= 4 is 11.6 Å². The highest BCUT2D eigenvalue weighted by atomic mass is 35.5. The van der Waals surface area contributed by atoms with Crippen LogP contribution in [0, 0.1) is 0 Å². The molecule has 1 atom stereocenters. The van der Waals surface area contributed by atoms with Crippen LogP contribution in [-0.4, -0.2) is 44.3 Å². The first-order valence-electron chi connectivity index (χ1n) is 3.25. The zero-order chi connectivity index (χ0) is 7.98. The van der Waals surface area contributed by atoms with Crippen LogP contribution in [0.4, 0.5) is 0 Å². The van der Waals surface area contributed by atoms with E-state index in [0.717, 1.165) is 6.54 Å². The molecule has 10 heavy (non-hydrogen) atoms. The molecule has 0 aromatic heterocycles. The topological polar surface area (TPSA) is 38.5 Å². The third-order valence-corrected chi connectivity index (χ3v) is 1.09. The minimum Gasteiger partial charge on any atom is -0.377 e. The second kappa shape index (κ2) is 5.92. The van der Waals surface area contributed by atoms with Crippen molar-refractivity contribution in [3.63, 3.8) is 0 Å². The van der Waals surface area contributed by atoms with E-state index in [2.05, 4.69) is 0 Å². The highest BCUT2D eigenvalue weighted by Crippen LogP contribution is 1.86. The predicted molar refractivity (Wildman–Crippen MR) is 43.2 cm³/mol. The Morgan fingerprint density at radius 3 is 2.60 bits per heavy atom. The molecule has 0 aromatic carbocycles. The minimum atomic E-state index is -0.373. The van der Waals surface area contributed by atoms with Crippen LogP contribution in [0.15, 0.2) is 0 Å². The Bertz CT molecular complexity index is 68.1. The second-order valence-electron chi connectivity index (χ2n) is 2.39. The van der Waals surface area contributed by atoms with Crippen LogP contribution in [0.5, 0.6) is 0 Å². The molecular weight excluding hydrogens is 152 g/mol. The molecule has 2 N–H and O–H groups in total. The van der Waals surface area contributed by atoms with Gasteiger partial charge in [0.05, 0.1) is 13.2 Å². The van der Waals surface area contributed by atoms with E-state index < -0.39 is 0 Å². The lowest BCUT2D eigenvalue weighted by Gasteiger charge is -2.10. The van der Waals surface area contributed by atoms with Gasteiger partial charge in [0, 0.05) is 6.54 Å². The first-order valence-corrected chi connectivity index (χ1v) is 3.68. The van der Waals surface area contributed by atoms with Crippen molar-refractivity contribution in [2.75, 3.05) is 33.9 Å². The molecule has 0 bridgehead atoms. The third-order valence-electron chi connectivity index (χ3n) is 0.960. The van der Waals surface area contributed by atoms with E-state index in [4.69, 9.17) is 22.1 Å². The zero-order valence-corrected chi connectivity index (χ0v) is 7.27. The van der Waals surface area contributed by atoms with Crippen molar-refractivity contribution in [3.8, 4) is 0 Å². The van der Waals surface area contributed by atoms with Gasteiger partial charge < -0.3 is 15.4 Å². The largest absolute Gasteiger partial charge is 0.377 e. The van der Waals surface area contributed by atoms with Crippen LogP contribution in [0.3, 0.4) is 0 Å². The monoisotopic (exact) mass is 166 g/mol. The summed E-state index contributed by atoms with van der Waals surface area (Å²) in [5.41, 5.74) is 4.86. The average molecular weight is 167 g/mol. The molecule has 0 aromatic rings. The summed E-state index contributed by atoms with van der Waals surface area (Å²) in [6.45, 7) is 2.02. The number of rotatable bonds is 5. The maximum absolute atomic E-state index is 5.43. The summed E-state index contributed by atoms with van der Waals surface area (Å²) in [5, 5.41) is 0. The molecule has 0 aliphatic heterocycles. The first kappa shape index (κ1) is 10.2. The van der Waals surface area contributed by atoms with E-state index in [9.17, 15) is 0 Å². The zero-order valence-electron chi connectivity index (χ0n) is 6.51. The Morgan fingerprint density at radius 1 is 1.60 bits per heavy atom. The molecular formula is C6H15ClN2O. The summed E-state index contributed by atoms with van der Waals surface area (Å²) in [4.78, 5) is 2.04. The van der Waals surface area contributed by atoms with Crippen LogP contribution < -0.4 is 5.73 Å².